The first-order valence-electron chi connectivity index (χ1n) is 10.3. The van der Waals surface area contributed by atoms with Gasteiger partial charge < -0.3 is 23.8 Å². The van der Waals surface area contributed by atoms with Crippen LogP contribution in [0.3, 0.4) is 0 Å². The first kappa shape index (κ1) is 21.3. The topological polar surface area (TPSA) is 74.3 Å². The predicted octanol–water partition coefficient (Wildman–Crippen LogP) is 3.75. The Bertz CT molecular complexity index is 745. The maximum absolute atomic E-state index is 12.8. The van der Waals surface area contributed by atoms with Gasteiger partial charge in [0.15, 0.2) is 11.5 Å². The van der Waals surface area contributed by atoms with Gasteiger partial charge in [0.25, 0.3) is 0 Å². The Morgan fingerprint density at radius 2 is 1.90 bits per heavy atom. The van der Waals surface area contributed by atoms with Crippen LogP contribution in [0.4, 0.5) is 4.79 Å². The summed E-state index contributed by atoms with van der Waals surface area (Å²) in [4.78, 5) is 26.6. The molecule has 1 aliphatic carbocycles. The Balaban J connectivity index is 1.94. The number of hydrogen-bond donors (Lipinski definition) is 0. The number of methoxy groups -OCH3 is 2. The number of ether oxygens (including phenoxy) is 4. The standard InChI is InChI=1S/C22H31NO6/c1-5-28-20(24)22(2)14-23(21(25)27-4)13-17(22)15-10-11-18(26-3)19(12-15)29-16-8-6-7-9-16/h10-12,16-17H,5-9,13-14H2,1-4H3. The summed E-state index contributed by atoms with van der Waals surface area (Å²) >= 11 is 0. The van der Waals surface area contributed by atoms with Crippen LogP contribution in [0, 0.1) is 5.41 Å². The molecule has 1 heterocycles. The molecule has 7 nitrogen and oxygen atoms in total. The fraction of sp³-hybridized carbons (Fsp3) is 0.636. The van der Waals surface area contributed by atoms with E-state index in [1.807, 2.05) is 25.1 Å². The highest BCUT2D eigenvalue weighted by molar-refractivity contribution is 5.81. The van der Waals surface area contributed by atoms with E-state index in [1.54, 1.807) is 18.9 Å². The van der Waals surface area contributed by atoms with E-state index < -0.39 is 11.5 Å². The van der Waals surface area contributed by atoms with E-state index >= 15 is 0 Å². The lowest BCUT2D eigenvalue weighted by atomic mass is 9.76. The zero-order chi connectivity index (χ0) is 21.0. The number of likely N-dealkylation sites (tertiary alicyclic amines) is 1. The van der Waals surface area contributed by atoms with Gasteiger partial charge in [-0.2, -0.15) is 0 Å². The van der Waals surface area contributed by atoms with Crippen LogP contribution in [-0.2, 0) is 14.3 Å². The summed E-state index contributed by atoms with van der Waals surface area (Å²) in [6, 6.07) is 5.75. The van der Waals surface area contributed by atoms with Gasteiger partial charge in [-0.15, -0.1) is 0 Å². The molecule has 1 saturated carbocycles. The molecule has 0 bridgehead atoms. The van der Waals surface area contributed by atoms with Crippen molar-refractivity contribution in [2.75, 3.05) is 33.9 Å². The van der Waals surface area contributed by atoms with Crippen LogP contribution < -0.4 is 9.47 Å². The van der Waals surface area contributed by atoms with E-state index in [-0.39, 0.29) is 31.1 Å². The van der Waals surface area contributed by atoms with Crippen LogP contribution in [-0.4, -0.2) is 57.0 Å². The normalized spacial score (nSPS) is 24.4. The molecule has 1 amide bonds. The van der Waals surface area contributed by atoms with Gasteiger partial charge in [-0.25, -0.2) is 4.79 Å². The summed E-state index contributed by atoms with van der Waals surface area (Å²) in [7, 11) is 2.96. The second kappa shape index (κ2) is 8.93. The molecular formula is C22H31NO6. The lowest BCUT2D eigenvalue weighted by molar-refractivity contribution is -0.154. The smallest absolute Gasteiger partial charge is 0.409 e. The second-order valence-corrected chi connectivity index (χ2v) is 7.98. The molecule has 3 rings (SSSR count). The van der Waals surface area contributed by atoms with Crippen molar-refractivity contribution in [3.63, 3.8) is 0 Å². The van der Waals surface area contributed by atoms with Crippen LogP contribution in [0.1, 0.15) is 51.0 Å². The van der Waals surface area contributed by atoms with Crippen molar-refractivity contribution in [2.24, 2.45) is 5.41 Å². The van der Waals surface area contributed by atoms with Crippen molar-refractivity contribution in [3.8, 4) is 11.5 Å². The van der Waals surface area contributed by atoms with Crippen LogP contribution in [0.25, 0.3) is 0 Å². The van der Waals surface area contributed by atoms with Crippen molar-refractivity contribution in [2.45, 2.75) is 51.6 Å². The number of benzene rings is 1. The molecule has 0 N–H and O–H groups in total. The predicted molar refractivity (Wildman–Crippen MR) is 107 cm³/mol. The van der Waals surface area contributed by atoms with Gasteiger partial charge in [0.05, 0.1) is 32.3 Å². The molecule has 29 heavy (non-hydrogen) atoms. The van der Waals surface area contributed by atoms with E-state index in [2.05, 4.69) is 0 Å². The molecule has 7 heteroatoms. The largest absolute Gasteiger partial charge is 0.493 e. The summed E-state index contributed by atoms with van der Waals surface area (Å²) in [6.07, 6.45) is 4.15. The van der Waals surface area contributed by atoms with Crippen molar-refractivity contribution in [1.82, 2.24) is 4.90 Å². The number of amides is 1. The summed E-state index contributed by atoms with van der Waals surface area (Å²) in [6.45, 7) is 4.54. The Morgan fingerprint density at radius 3 is 2.52 bits per heavy atom. The third-order valence-corrected chi connectivity index (χ3v) is 6.05. The molecule has 1 aromatic carbocycles. The number of carbonyl (C=O) groups is 2. The molecule has 2 unspecified atom stereocenters. The number of carbonyl (C=O) groups excluding carboxylic acids is 2. The van der Waals surface area contributed by atoms with Crippen LogP contribution in [0.15, 0.2) is 18.2 Å². The van der Waals surface area contributed by atoms with Crippen LogP contribution in [0.5, 0.6) is 11.5 Å². The van der Waals surface area contributed by atoms with E-state index in [0.717, 1.165) is 18.4 Å². The highest BCUT2D eigenvalue weighted by atomic mass is 16.5. The maximum atomic E-state index is 12.8. The Labute approximate surface area is 172 Å². The van der Waals surface area contributed by atoms with Crippen LogP contribution in [0.2, 0.25) is 0 Å². The number of rotatable bonds is 6. The van der Waals surface area contributed by atoms with E-state index in [4.69, 9.17) is 18.9 Å². The first-order valence-corrected chi connectivity index (χ1v) is 10.3. The average Bonchev–Trinajstić information content (AvgIpc) is 3.36. The van der Waals surface area contributed by atoms with E-state index in [9.17, 15) is 9.59 Å². The first-order chi connectivity index (χ1) is 13.9. The minimum atomic E-state index is -0.872. The highest BCUT2D eigenvalue weighted by Crippen LogP contribution is 2.46. The van der Waals surface area contributed by atoms with Crippen molar-refractivity contribution in [3.05, 3.63) is 23.8 Å². The minimum absolute atomic E-state index is 0.186. The van der Waals surface area contributed by atoms with Gasteiger partial charge in [0.1, 0.15) is 0 Å². The Kier molecular flexibility index (Phi) is 6.55. The molecule has 2 aliphatic rings. The van der Waals surface area contributed by atoms with Crippen molar-refractivity contribution < 1.29 is 28.5 Å². The lowest BCUT2D eigenvalue weighted by Gasteiger charge is -2.28. The molecule has 160 valence electrons. The van der Waals surface area contributed by atoms with E-state index in [0.29, 0.717) is 18.0 Å². The van der Waals surface area contributed by atoms with E-state index in [1.165, 1.54) is 20.0 Å². The monoisotopic (exact) mass is 405 g/mol. The molecule has 0 aromatic heterocycles. The van der Waals surface area contributed by atoms with Gasteiger partial charge >= 0.3 is 12.1 Å². The Hall–Kier alpha value is -2.44. The molecule has 2 fully saturated rings. The fourth-order valence-electron chi connectivity index (χ4n) is 4.43. The third-order valence-electron chi connectivity index (χ3n) is 6.05. The third kappa shape index (κ3) is 4.28. The molecular weight excluding hydrogens is 374 g/mol. The zero-order valence-corrected chi connectivity index (χ0v) is 17.7. The molecule has 1 aliphatic heterocycles. The van der Waals surface area contributed by atoms with Gasteiger partial charge in [-0.1, -0.05) is 6.07 Å². The zero-order valence-electron chi connectivity index (χ0n) is 17.7. The van der Waals surface area contributed by atoms with Gasteiger partial charge in [0.2, 0.25) is 0 Å². The van der Waals surface area contributed by atoms with Gasteiger partial charge in [-0.3, -0.25) is 4.79 Å². The minimum Gasteiger partial charge on any atom is -0.493 e. The van der Waals surface area contributed by atoms with Crippen molar-refractivity contribution in [1.29, 1.82) is 0 Å². The molecule has 1 saturated heterocycles. The highest BCUT2D eigenvalue weighted by Gasteiger charge is 2.52. The number of nitrogens with zero attached hydrogens (tertiary/aromatic N) is 1. The quantitative estimate of drug-likeness (QED) is 0.671. The molecule has 2 atom stereocenters. The molecule has 0 radical (unpaired) electrons. The van der Waals surface area contributed by atoms with Gasteiger partial charge in [-0.05, 0) is 57.2 Å². The summed E-state index contributed by atoms with van der Waals surface area (Å²) < 4.78 is 22.0. The molecule has 1 aromatic rings. The summed E-state index contributed by atoms with van der Waals surface area (Å²) in [5, 5.41) is 0. The van der Waals surface area contributed by atoms with Crippen LogP contribution >= 0.6 is 0 Å². The maximum Gasteiger partial charge on any atom is 0.409 e. The second-order valence-electron chi connectivity index (χ2n) is 7.98. The SMILES string of the molecule is CCOC(=O)C1(C)CN(C(=O)OC)CC1c1ccc(OC)c(OC2CCCC2)c1. The number of esters is 1. The lowest BCUT2D eigenvalue weighted by Crippen LogP contribution is -2.38. The molecule has 0 spiro atoms. The Morgan fingerprint density at radius 1 is 1.17 bits per heavy atom. The number of hydrogen-bond acceptors (Lipinski definition) is 6. The fourth-order valence-corrected chi connectivity index (χ4v) is 4.43. The summed E-state index contributed by atoms with van der Waals surface area (Å²) in [5.41, 5.74) is 0.0458. The summed E-state index contributed by atoms with van der Waals surface area (Å²) in [5.74, 6) is 0.795. The van der Waals surface area contributed by atoms with Gasteiger partial charge in [0, 0.05) is 19.0 Å². The average molecular weight is 405 g/mol. The van der Waals surface area contributed by atoms with Crippen molar-refractivity contribution >= 4 is 12.1 Å².